The first kappa shape index (κ1) is 16.0. The van der Waals surface area contributed by atoms with E-state index >= 15 is 0 Å². The maximum absolute atomic E-state index is 11.7. The molecule has 1 heterocycles. The second-order valence-corrected chi connectivity index (χ2v) is 6.98. The fourth-order valence-electron chi connectivity index (χ4n) is 2.04. The first-order valence-electron chi connectivity index (χ1n) is 6.49. The van der Waals surface area contributed by atoms with Crippen molar-refractivity contribution in [1.29, 1.82) is 0 Å². The Morgan fingerprint density at radius 1 is 1.11 bits per heavy atom. The molecule has 1 N–H and O–H groups in total. The van der Waals surface area contributed by atoms with Gasteiger partial charge in [-0.15, -0.1) is 0 Å². The van der Waals surface area contributed by atoms with Gasteiger partial charge in [0.2, 0.25) is 0 Å². The average Bonchev–Trinajstić information content (AvgIpc) is 2.68. The Morgan fingerprint density at radius 3 is 1.89 bits per heavy atom. The topological polar surface area (TPSA) is 73.9 Å². The predicted octanol–water partition coefficient (Wildman–Crippen LogP) is 1.01. The highest BCUT2D eigenvalue weighted by Gasteiger charge is 2.50. The van der Waals surface area contributed by atoms with Crippen LogP contribution in [-0.4, -0.2) is 40.4 Å². The second-order valence-electron chi connectivity index (χ2n) is 4.04. The van der Waals surface area contributed by atoms with E-state index in [0.717, 1.165) is 0 Å². The first-order chi connectivity index (χ1) is 9.00. The van der Waals surface area contributed by atoms with Crippen LogP contribution in [0, 0.1) is 0 Å². The number of rotatable bonds is 8. The van der Waals surface area contributed by atoms with Gasteiger partial charge in [-0.05, 0) is 20.8 Å². The minimum atomic E-state index is -3.02. The minimum absolute atomic E-state index is 0.368. The normalized spacial score (nSPS) is 17.4. The average molecular weight is 287 g/mol. The molecular formula is C12H21NO5Si. The molecule has 0 saturated carbocycles. The van der Waals surface area contributed by atoms with Crippen molar-refractivity contribution >= 4 is 20.6 Å². The Kier molecular flexibility index (Phi) is 5.86. The second kappa shape index (κ2) is 6.95. The molecule has 1 rings (SSSR count). The highest BCUT2D eigenvalue weighted by atomic mass is 28.4. The van der Waals surface area contributed by atoms with E-state index in [4.69, 9.17) is 13.3 Å². The van der Waals surface area contributed by atoms with Crippen molar-refractivity contribution in [2.75, 3.05) is 19.8 Å². The summed E-state index contributed by atoms with van der Waals surface area (Å²) in [6.45, 7) is 8.64. The molecular weight excluding hydrogens is 266 g/mol. The monoisotopic (exact) mass is 287 g/mol. The molecule has 2 amide bonds. The maximum Gasteiger partial charge on any atom is 0.508 e. The molecule has 0 fully saturated rings. The van der Waals surface area contributed by atoms with Crippen molar-refractivity contribution in [2.24, 2.45) is 0 Å². The van der Waals surface area contributed by atoms with Gasteiger partial charge in [0.05, 0.1) is 5.54 Å². The Morgan fingerprint density at radius 2 is 1.58 bits per heavy atom. The van der Waals surface area contributed by atoms with Gasteiger partial charge in [-0.2, -0.15) is 0 Å². The molecule has 1 aliphatic rings. The van der Waals surface area contributed by atoms with Gasteiger partial charge in [0, 0.05) is 31.5 Å². The van der Waals surface area contributed by atoms with Gasteiger partial charge in [0.1, 0.15) is 0 Å². The molecule has 108 valence electrons. The van der Waals surface area contributed by atoms with E-state index in [9.17, 15) is 9.59 Å². The van der Waals surface area contributed by atoms with Gasteiger partial charge in [-0.1, -0.05) is 6.92 Å². The van der Waals surface area contributed by atoms with Gasteiger partial charge in [0.15, 0.2) is 0 Å². The summed E-state index contributed by atoms with van der Waals surface area (Å²) in [5.41, 5.74) is -0.00850. The summed E-state index contributed by atoms with van der Waals surface area (Å²) in [6, 6.07) is 0. The standard InChI is InChI=1S/C12H21NO5Si/c1-5-16-19(17-6-2,18-7-3)9(4)10-8-11(14)13-12(10)15/h8-9H,5-7H2,1-4H3,(H,13,14,15). The lowest BCUT2D eigenvalue weighted by atomic mass is 10.2. The number of amides is 2. The van der Waals surface area contributed by atoms with Gasteiger partial charge in [-0.25, -0.2) is 0 Å². The molecule has 0 aromatic rings. The van der Waals surface area contributed by atoms with Crippen LogP contribution in [0.5, 0.6) is 0 Å². The van der Waals surface area contributed by atoms with Crippen molar-refractivity contribution in [2.45, 2.75) is 33.2 Å². The molecule has 0 bridgehead atoms. The lowest BCUT2D eigenvalue weighted by Crippen LogP contribution is -2.50. The summed E-state index contributed by atoms with van der Waals surface area (Å²) >= 11 is 0. The number of nitrogens with one attached hydrogen (secondary N) is 1. The Hall–Kier alpha value is -1.02. The number of hydrogen-bond donors (Lipinski definition) is 1. The highest BCUT2D eigenvalue weighted by Crippen LogP contribution is 2.33. The zero-order chi connectivity index (χ0) is 14.5. The Bertz CT molecular complexity index is 365. The molecule has 0 radical (unpaired) electrons. The molecule has 0 aromatic carbocycles. The number of carbonyl (C=O) groups is 2. The summed E-state index contributed by atoms with van der Waals surface area (Å²) in [5, 5.41) is 2.23. The van der Waals surface area contributed by atoms with Crippen molar-refractivity contribution in [3.05, 3.63) is 11.6 Å². The molecule has 0 spiro atoms. The summed E-state index contributed by atoms with van der Waals surface area (Å²) in [5.74, 6) is -0.798. The van der Waals surface area contributed by atoms with E-state index in [1.807, 2.05) is 20.8 Å². The van der Waals surface area contributed by atoms with Crippen LogP contribution in [0.15, 0.2) is 11.6 Å². The van der Waals surface area contributed by atoms with E-state index in [2.05, 4.69) is 5.32 Å². The van der Waals surface area contributed by atoms with Crippen LogP contribution in [0.3, 0.4) is 0 Å². The third-order valence-corrected chi connectivity index (χ3v) is 6.26. The highest BCUT2D eigenvalue weighted by molar-refractivity contribution is 6.64. The van der Waals surface area contributed by atoms with Crippen molar-refractivity contribution in [1.82, 2.24) is 5.32 Å². The molecule has 6 nitrogen and oxygen atoms in total. The van der Waals surface area contributed by atoms with E-state index in [1.54, 1.807) is 6.92 Å². The summed E-state index contributed by atoms with van der Waals surface area (Å²) in [6.07, 6.45) is 1.30. The maximum atomic E-state index is 11.7. The van der Waals surface area contributed by atoms with Crippen LogP contribution in [0.1, 0.15) is 27.7 Å². The fraction of sp³-hybridized carbons (Fsp3) is 0.667. The molecule has 1 atom stereocenters. The predicted molar refractivity (Wildman–Crippen MR) is 71.3 cm³/mol. The third-order valence-electron chi connectivity index (χ3n) is 2.82. The number of hydrogen-bond acceptors (Lipinski definition) is 5. The molecule has 0 saturated heterocycles. The SMILES string of the molecule is CCO[Si](OCC)(OCC)C(C)C1=CC(=O)NC1=O. The van der Waals surface area contributed by atoms with Crippen molar-refractivity contribution < 1.29 is 22.9 Å². The van der Waals surface area contributed by atoms with Crippen LogP contribution in [0.25, 0.3) is 0 Å². The Balaban J connectivity index is 3.04. The van der Waals surface area contributed by atoms with Crippen LogP contribution in [0.4, 0.5) is 0 Å². The van der Waals surface area contributed by atoms with Gasteiger partial charge >= 0.3 is 8.80 Å². The molecule has 1 unspecified atom stereocenters. The lowest BCUT2D eigenvalue weighted by Gasteiger charge is -2.33. The van der Waals surface area contributed by atoms with Crippen LogP contribution >= 0.6 is 0 Å². The van der Waals surface area contributed by atoms with E-state index < -0.39 is 20.6 Å². The minimum Gasteiger partial charge on any atom is -0.373 e. The third kappa shape index (κ3) is 3.50. The van der Waals surface area contributed by atoms with Gasteiger partial charge in [-0.3, -0.25) is 14.9 Å². The zero-order valence-electron chi connectivity index (χ0n) is 11.8. The van der Waals surface area contributed by atoms with Gasteiger partial charge in [0.25, 0.3) is 11.8 Å². The smallest absolute Gasteiger partial charge is 0.373 e. The van der Waals surface area contributed by atoms with Crippen LogP contribution in [0.2, 0.25) is 5.54 Å². The number of carbonyl (C=O) groups excluding carboxylic acids is 2. The molecule has 0 aliphatic carbocycles. The van der Waals surface area contributed by atoms with Crippen molar-refractivity contribution in [3.63, 3.8) is 0 Å². The molecule has 1 aliphatic heterocycles. The fourth-order valence-corrected chi connectivity index (χ4v) is 4.85. The summed E-state index contributed by atoms with van der Waals surface area (Å²) < 4.78 is 17.2. The van der Waals surface area contributed by atoms with E-state index in [1.165, 1.54) is 6.08 Å². The molecule has 7 heteroatoms. The summed E-state index contributed by atoms with van der Waals surface area (Å²) in [4.78, 5) is 23.0. The first-order valence-corrected chi connectivity index (χ1v) is 8.29. The van der Waals surface area contributed by atoms with Crippen LogP contribution < -0.4 is 5.32 Å². The lowest BCUT2D eigenvalue weighted by molar-refractivity contribution is -0.124. The van der Waals surface area contributed by atoms with Crippen molar-refractivity contribution in [3.8, 4) is 0 Å². The Labute approximate surface area is 114 Å². The molecule has 0 aromatic heterocycles. The quantitative estimate of drug-likeness (QED) is 0.533. The zero-order valence-corrected chi connectivity index (χ0v) is 12.8. The van der Waals surface area contributed by atoms with Gasteiger partial charge < -0.3 is 13.3 Å². The van der Waals surface area contributed by atoms with E-state index in [0.29, 0.717) is 25.4 Å². The number of imide groups is 1. The summed E-state index contributed by atoms with van der Waals surface area (Å²) in [7, 11) is -3.02. The molecule has 19 heavy (non-hydrogen) atoms. The largest absolute Gasteiger partial charge is 0.508 e. The van der Waals surface area contributed by atoms with Crippen LogP contribution in [-0.2, 0) is 22.9 Å². The van der Waals surface area contributed by atoms with E-state index in [-0.39, 0.29) is 5.54 Å².